The Bertz CT molecular complexity index is 323. The van der Waals surface area contributed by atoms with Gasteiger partial charge in [-0.2, -0.15) is 0 Å². The number of carboxylic acid groups (broad SMARTS) is 1. The lowest BCUT2D eigenvalue weighted by Gasteiger charge is -2.39. The van der Waals surface area contributed by atoms with Crippen molar-refractivity contribution in [2.45, 2.75) is 58.9 Å². The first-order chi connectivity index (χ1) is 8.91. The van der Waals surface area contributed by atoms with Crippen molar-refractivity contribution in [3.63, 3.8) is 0 Å². The van der Waals surface area contributed by atoms with E-state index in [1.54, 1.807) is 4.90 Å². The van der Waals surface area contributed by atoms with Gasteiger partial charge in [0.1, 0.15) is 6.04 Å². The normalized spacial score (nSPS) is 19.8. The Morgan fingerprint density at radius 2 is 1.89 bits per heavy atom. The molecule has 2 amide bonds. The van der Waals surface area contributed by atoms with Gasteiger partial charge in [-0.05, 0) is 24.7 Å². The highest BCUT2D eigenvalue weighted by molar-refractivity contribution is 5.82. The third-order valence-electron chi connectivity index (χ3n) is 4.28. The fourth-order valence-electron chi connectivity index (χ4n) is 2.39. The molecule has 0 aromatic carbocycles. The molecule has 0 spiro atoms. The molecule has 0 aromatic rings. The number of hydrogen-bond donors (Lipinski definition) is 2. The van der Waals surface area contributed by atoms with E-state index < -0.39 is 12.0 Å². The summed E-state index contributed by atoms with van der Waals surface area (Å²) in [4.78, 5) is 24.8. The van der Waals surface area contributed by atoms with Gasteiger partial charge in [0.2, 0.25) is 0 Å². The molecule has 0 bridgehead atoms. The number of carbonyl (C=O) groups is 2. The van der Waals surface area contributed by atoms with Gasteiger partial charge in [-0.25, -0.2) is 9.59 Å². The van der Waals surface area contributed by atoms with Gasteiger partial charge < -0.3 is 15.3 Å². The molecule has 2 N–H and O–H groups in total. The van der Waals surface area contributed by atoms with Crippen molar-refractivity contribution in [3.8, 4) is 0 Å². The lowest BCUT2D eigenvalue weighted by molar-refractivity contribution is -0.139. The third-order valence-corrected chi connectivity index (χ3v) is 4.28. The first-order valence-electron chi connectivity index (χ1n) is 7.20. The van der Waals surface area contributed by atoms with Crippen LogP contribution in [-0.2, 0) is 4.79 Å². The summed E-state index contributed by atoms with van der Waals surface area (Å²) in [6.07, 6.45) is 4.31. The minimum Gasteiger partial charge on any atom is -0.480 e. The molecule has 1 fully saturated rings. The number of piperidine rings is 1. The zero-order valence-electron chi connectivity index (χ0n) is 12.2. The predicted octanol–water partition coefficient (Wildman–Crippen LogP) is 2.46. The highest BCUT2D eigenvalue weighted by Gasteiger charge is 2.31. The fourth-order valence-corrected chi connectivity index (χ4v) is 2.39. The largest absolute Gasteiger partial charge is 0.480 e. The maximum absolute atomic E-state index is 12.0. The number of aliphatic carboxylic acids is 1. The summed E-state index contributed by atoms with van der Waals surface area (Å²) in [5, 5.41) is 11.7. The van der Waals surface area contributed by atoms with Crippen LogP contribution in [-0.4, -0.2) is 41.1 Å². The van der Waals surface area contributed by atoms with E-state index >= 15 is 0 Å². The van der Waals surface area contributed by atoms with E-state index in [0.29, 0.717) is 24.9 Å². The van der Waals surface area contributed by atoms with Crippen molar-refractivity contribution < 1.29 is 14.7 Å². The minimum atomic E-state index is -0.953. The van der Waals surface area contributed by atoms with E-state index in [4.69, 9.17) is 5.11 Å². The maximum Gasteiger partial charge on any atom is 0.326 e. The second-order valence-corrected chi connectivity index (χ2v) is 5.78. The van der Waals surface area contributed by atoms with Crippen LogP contribution in [0.3, 0.4) is 0 Å². The standard InChI is InChI=1S/C14H26N2O3/c1-4-6-11(12(17)18)15-13(19)16-9-7-14(3,5-2)8-10-16/h11H,4-10H2,1-3H3,(H,15,19)(H,17,18)/t11-/m1/s1. The number of amides is 2. The van der Waals surface area contributed by atoms with Crippen molar-refractivity contribution in [1.82, 2.24) is 10.2 Å². The smallest absolute Gasteiger partial charge is 0.326 e. The van der Waals surface area contributed by atoms with Crippen LogP contribution in [0.4, 0.5) is 4.79 Å². The predicted molar refractivity (Wildman–Crippen MR) is 74.1 cm³/mol. The summed E-state index contributed by atoms with van der Waals surface area (Å²) in [5.41, 5.74) is 0.326. The highest BCUT2D eigenvalue weighted by atomic mass is 16.4. The van der Waals surface area contributed by atoms with Gasteiger partial charge in [-0.3, -0.25) is 0 Å². The van der Waals surface area contributed by atoms with Crippen LogP contribution in [0.5, 0.6) is 0 Å². The van der Waals surface area contributed by atoms with Crippen LogP contribution in [0, 0.1) is 5.41 Å². The van der Waals surface area contributed by atoms with Gasteiger partial charge in [0.05, 0.1) is 0 Å². The summed E-state index contributed by atoms with van der Waals surface area (Å²) in [5.74, 6) is -0.953. The molecule has 0 radical (unpaired) electrons. The summed E-state index contributed by atoms with van der Waals surface area (Å²) < 4.78 is 0. The Kier molecular flexibility index (Phi) is 5.63. The number of urea groups is 1. The number of hydrogen-bond acceptors (Lipinski definition) is 2. The molecular formula is C14H26N2O3. The van der Waals surface area contributed by atoms with Gasteiger partial charge in [0.15, 0.2) is 0 Å². The second-order valence-electron chi connectivity index (χ2n) is 5.78. The lowest BCUT2D eigenvalue weighted by atomic mass is 9.78. The SMILES string of the molecule is CCC[C@@H](NC(=O)N1CCC(C)(CC)CC1)C(=O)O. The average Bonchev–Trinajstić information content (AvgIpc) is 2.38. The molecule has 5 nitrogen and oxygen atoms in total. The molecule has 1 heterocycles. The van der Waals surface area contributed by atoms with Crippen LogP contribution in [0.15, 0.2) is 0 Å². The average molecular weight is 270 g/mol. The molecule has 110 valence electrons. The quantitative estimate of drug-likeness (QED) is 0.806. The Morgan fingerprint density at radius 3 is 2.32 bits per heavy atom. The molecule has 0 saturated carbocycles. The zero-order valence-corrected chi connectivity index (χ0v) is 12.2. The van der Waals surface area contributed by atoms with Crippen molar-refractivity contribution >= 4 is 12.0 Å². The Balaban J connectivity index is 2.49. The summed E-state index contributed by atoms with van der Waals surface area (Å²) >= 11 is 0. The van der Waals surface area contributed by atoms with Crippen LogP contribution in [0.25, 0.3) is 0 Å². The summed E-state index contributed by atoms with van der Waals surface area (Å²) in [7, 11) is 0. The Morgan fingerprint density at radius 1 is 1.32 bits per heavy atom. The van der Waals surface area contributed by atoms with Crippen LogP contribution in [0.2, 0.25) is 0 Å². The number of likely N-dealkylation sites (tertiary alicyclic amines) is 1. The number of rotatable bonds is 5. The molecule has 0 aliphatic carbocycles. The van der Waals surface area contributed by atoms with Crippen LogP contribution in [0.1, 0.15) is 52.9 Å². The molecule has 0 aromatic heterocycles. The van der Waals surface area contributed by atoms with Crippen molar-refractivity contribution in [2.75, 3.05) is 13.1 Å². The molecule has 1 rings (SSSR count). The van der Waals surface area contributed by atoms with Gasteiger partial charge in [0, 0.05) is 13.1 Å². The minimum absolute atomic E-state index is 0.237. The maximum atomic E-state index is 12.0. The number of carbonyl (C=O) groups excluding carboxylic acids is 1. The van der Waals surface area contributed by atoms with Crippen molar-refractivity contribution in [2.24, 2.45) is 5.41 Å². The van der Waals surface area contributed by atoms with Gasteiger partial charge in [-0.1, -0.05) is 33.6 Å². The summed E-state index contributed by atoms with van der Waals surface area (Å²) in [6, 6.07) is -1.00. The van der Waals surface area contributed by atoms with E-state index in [-0.39, 0.29) is 6.03 Å². The molecule has 1 atom stereocenters. The van der Waals surface area contributed by atoms with E-state index in [0.717, 1.165) is 25.7 Å². The van der Waals surface area contributed by atoms with Crippen molar-refractivity contribution in [3.05, 3.63) is 0 Å². The Hall–Kier alpha value is -1.26. The van der Waals surface area contributed by atoms with Gasteiger partial charge in [-0.15, -0.1) is 0 Å². The van der Waals surface area contributed by atoms with Gasteiger partial charge >= 0.3 is 12.0 Å². The molecule has 19 heavy (non-hydrogen) atoms. The number of nitrogens with zero attached hydrogens (tertiary/aromatic N) is 1. The second kappa shape index (κ2) is 6.78. The monoisotopic (exact) mass is 270 g/mol. The molecule has 0 unspecified atom stereocenters. The summed E-state index contributed by atoms with van der Waals surface area (Å²) in [6.45, 7) is 7.77. The molecule has 1 aliphatic heterocycles. The van der Waals surface area contributed by atoms with Crippen LogP contribution < -0.4 is 5.32 Å². The fraction of sp³-hybridized carbons (Fsp3) is 0.857. The molecular weight excluding hydrogens is 244 g/mol. The number of nitrogens with one attached hydrogen (secondary N) is 1. The van der Waals surface area contributed by atoms with E-state index in [1.807, 2.05) is 6.92 Å². The zero-order chi connectivity index (χ0) is 14.5. The highest BCUT2D eigenvalue weighted by Crippen LogP contribution is 2.33. The Labute approximate surface area is 115 Å². The van der Waals surface area contributed by atoms with Crippen LogP contribution >= 0.6 is 0 Å². The van der Waals surface area contributed by atoms with E-state index in [2.05, 4.69) is 19.2 Å². The molecule has 1 saturated heterocycles. The third kappa shape index (κ3) is 4.40. The molecule has 5 heteroatoms. The van der Waals surface area contributed by atoms with Crippen molar-refractivity contribution in [1.29, 1.82) is 0 Å². The first kappa shape index (κ1) is 15.8. The number of carboxylic acids is 1. The first-order valence-corrected chi connectivity index (χ1v) is 7.20. The molecule has 1 aliphatic rings. The topological polar surface area (TPSA) is 69.6 Å². The van der Waals surface area contributed by atoms with E-state index in [1.165, 1.54) is 0 Å². The van der Waals surface area contributed by atoms with Gasteiger partial charge in [0.25, 0.3) is 0 Å². The lowest BCUT2D eigenvalue weighted by Crippen LogP contribution is -2.51. The van der Waals surface area contributed by atoms with E-state index in [9.17, 15) is 9.59 Å².